The minimum atomic E-state index is -0.178. The molecule has 0 fully saturated rings. The number of hydrogen-bond acceptors (Lipinski definition) is 4. The third kappa shape index (κ3) is 5.92. The van der Waals surface area contributed by atoms with Crippen LogP contribution in [-0.4, -0.2) is 29.0 Å². The van der Waals surface area contributed by atoms with Gasteiger partial charge >= 0.3 is 0 Å². The first-order chi connectivity index (χ1) is 13.2. The van der Waals surface area contributed by atoms with Crippen molar-refractivity contribution in [3.05, 3.63) is 89.2 Å². The Kier molecular flexibility index (Phi) is 6.52. The number of anilines is 1. The zero-order chi connectivity index (χ0) is 18.9. The topological polar surface area (TPSA) is 66.9 Å². The van der Waals surface area contributed by atoms with E-state index in [0.29, 0.717) is 24.7 Å². The standard InChI is InChI=1S/C22H24N4O/c1-17-16-20(21(27)23-14-12-18-8-4-2-5-9-18)26-22(25-17)24-15-13-19-10-6-3-7-11-19/h2-11,16H,12-15H2,1H3,(H,23,27)(H,24,25,26). The van der Waals surface area contributed by atoms with Gasteiger partial charge in [-0.05, 0) is 37.0 Å². The Morgan fingerprint density at radius 3 is 2.07 bits per heavy atom. The molecule has 0 aliphatic heterocycles. The Labute approximate surface area is 159 Å². The highest BCUT2D eigenvalue weighted by Crippen LogP contribution is 2.06. The number of benzene rings is 2. The molecule has 1 aromatic heterocycles. The number of aromatic nitrogens is 2. The number of hydrogen-bond donors (Lipinski definition) is 2. The van der Waals surface area contributed by atoms with Gasteiger partial charge in [-0.2, -0.15) is 0 Å². The van der Waals surface area contributed by atoms with E-state index in [1.807, 2.05) is 43.3 Å². The van der Waals surface area contributed by atoms with E-state index in [2.05, 4.69) is 44.9 Å². The first-order valence-corrected chi connectivity index (χ1v) is 9.16. The fourth-order valence-electron chi connectivity index (χ4n) is 2.78. The largest absolute Gasteiger partial charge is 0.354 e. The second-order valence-corrected chi connectivity index (χ2v) is 6.37. The molecule has 0 radical (unpaired) electrons. The lowest BCUT2D eigenvalue weighted by Gasteiger charge is -2.09. The number of carbonyl (C=O) groups excluding carboxylic acids is 1. The summed E-state index contributed by atoms with van der Waals surface area (Å²) in [5, 5.41) is 6.14. The van der Waals surface area contributed by atoms with Crippen molar-refractivity contribution in [1.82, 2.24) is 15.3 Å². The molecule has 5 nitrogen and oxygen atoms in total. The number of nitrogens with one attached hydrogen (secondary N) is 2. The molecule has 0 saturated heterocycles. The second-order valence-electron chi connectivity index (χ2n) is 6.37. The van der Waals surface area contributed by atoms with Gasteiger partial charge in [-0.3, -0.25) is 4.79 Å². The van der Waals surface area contributed by atoms with E-state index in [4.69, 9.17) is 0 Å². The monoisotopic (exact) mass is 360 g/mol. The van der Waals surface area contributed by atoms with Crippen LogP contribution in [0, 0.1) is 6.92 Å². The summed E-state index contributed by atoms with van der Waals surface area (Å²) in [5.41, 5.74) is 3.59. The smallest absolute Gasteiger partial charge is 0.270 e. The molecule has 1 heterocycles. The van der Waals surface area contributed by atoms with Crippen LogP contribution in [0.25, 0.3) is 0 Å². The highest BCUT2D eigenvalue weighted by molar-refractivity contribution is 5.92. The summed E-state index contributed by atoms with van der Waals surface area (Å²) >= 11 is 0. The number of aryl methyl sites for hydroxylation is 1. The van der Waals surface area contributed by atoms with Crippen molar-refractivity contribution in [2.75, 3.05) is 18.4 Å². The van der Waals surface area contributed by atoms with Gasteiger partial charge in [0.15, 0.2) is 0 Å². The average molecular weight is 360 g/mol. The maximum Gasteiger partial charge on any atom is 0.270 e. The van der Waals surface area contributed by atoms with E-state index in [1.165, 1.54) is 11.1 Å². The van der Waals surface area contributed by atoms with Crippen LogP contribution in [0.5, 0.6) is 0 Å². The van der Waals surface area contributed by atoms with Gasteiger partial charge in [0.1, 0.15) is 5.69 Å². The molecule has 1 amide bonds. The number of rotatable bonds is 8. The van der Waals surface area contributed by atoms with Gasteiger partial charge in [0, 0.05) is 18.8 Å². The summed E-state index contributed by atoms with van der Waals surface area (Å²) in [6, 6.07) is 22.0. The molecule has 2 N–H and O–H groups in total. The summed E-state index contributed by atoms with van der Waals surface area (Å²) in [7, 11) is 0. The quantitative estimate of drug-likeness (QED) is 0.646. The van der Waals surface area contributed by atoms with Crippen molar-refractivity contribution in [2.45, 2.75) is 19.8 Å². The first kappa shape index (κ1) is 18.6. The summed E-state index contributed by atoms with van der Waals surface area (Å²) < 4.78 is 0. The molecule has 0 aliphatic carbocycles. The summed E-state index contributed by atoms with van der Waals surface area (Å²) in [5.74, 6) is 0.307. The van der Waals surface area contributed by atoms with Crippen molar-refractivity contribution < 1.29 is 4.79 Å². The van der Waals surface area contributed by atoms with Crippen LogP contribution in [0.1, 0.15) is 27.3 Å². The highest BCUT2D eigenvalue weighted by Gasteiger charge is 2.10. The lowest BCUT2D eigenvalue weighted by Crippen LogP contribution is -2.27. The number of nitrogens with zero attached hydrogens (tertiary/aromatic N) is 2. The van der Waals surface area contributed by atoms with Gasteiger partial charge in [-0.15, -0.1) is 0 Å². The second kappa shape index (κ2) is 9.48. The molecule has 3 aromatic rings. The predicted molar refractivity (Wildman–Crippen MR) is 108 cm³/mol. The zero-order valence-electron chi connectivity index (χ0n) is 15.5. The third-order valence-electron chi connectivity index (χ3n) is 4.17. The van der Waals surface area contributed by atoms with Gasteiger partial charge < -0.3 is 10.6 Å². The van der Waals surface area contributed by atoms with Gasteiger partial charge in [0.25, 0.3) is 5.91 Å². The van der Waals surface area contributed by atoms with Crippen molar-refractivity contribution in [2.24, 2.45) is 0 Å². The molecule has 5 heteroatoms. The number of amides is 1. The molecule has 0 spiro atoms. The molecule has 0 aliphatic rings. The van der Waals surface area contributed by atoms with Crippen LogP contribution in [-0.2, 0) is 12.8 Å². The Morgan fingerprint density at radius 2 is 1.44 bits per heavy atom. The van der Waals surface area contributed by atoms with E-state index in [9.17, 15) is 4.79 Å². The predicted octanol–water partition coefficient (Wildman–Crippen LogP) is 3.41. The van der Waals surface area contributed by atoms with E-state index >= 15 is 0 Å². The van der Waals surface area contributed by atoms with E-state index in [-0.39, 0.29) is 5.91 Å². The molecule has 138 valence electrons. The molecule has 0 unspecified atom stereocenters. The molecule has 2 aromatic carbocycles. The van der Waals surface area contributed by atoms with Gasteiger partial charge in [0.2, 0.25) is 5.95 Å². The molecule has 0 saturated carbocycles. The Morgan fingerprint density at radius 1 is 0.852 bits per heavy atom. The summed E-state index contributed by atoms with van der Waals surface area (Å²) in [4.78, 5) is 21.1. The van der Waals surface area contributed by atoms with E-state index in [1.54, 1.807) is 6.07 Å². The van der Waals surface area contributed by atoms with Crippen LogP contribution in [0.15, 0.2) is 66.7 Å². The van der Waals surface area contributed by atoms with Gasteiger partial charge in [-0.1, -0.05) is 60.7 Å². The molecular formula is C22H24N4O. The Bertz CT molecular complexity index is 866. The van der Waals surface area contributed by atoms with Crippen molar-refractivity contribution >= 4 is 11.9 Å². The van der Waals surface area contributed by atoms with Crippen molar-refractivity contribution in [3.63, 3.8) is 0 Å². The van der Waals surface area contributed by atoms with Crippen LogP contribution in [0.4, 0.5) is 5.95 Å². The molecule has 3 rings (SSSR count). The van der Waals surface area contributed by atoms with Crippen LogP contribution >= 0.6 is 0 Å². The summed E-state index contributed by atoms with van der Waals surface area (Å²) in [6.45, 7) is 3.15. The van der Waals surface area contributed by atoms with Crippen molar-refractivity contribution in [1.29, 1.82) is 0 Å². The molecule has 0 bridgehead atoms. The van der Waals surface area contributed by atoms with Gasteiger partial charge in [0.05, 0.1) is 0 Å². The number of carbonyl (C=O) groups is 1. The highest BCUT2D eigenvalue weighted by atomic mass is 16.1. The fourth-order valence-corrected chi connectivity index (χ4v) is 2.78. The minimum absolute atomic E-state index is 0.178. The van der Waals surface area contributed by atoms with E-state index in [0.717, 1.165) is 18.5 Å². The third-order valence-corrected chi connectivity index (χ3v) is 4.17. The average Bonchev–Trinajstić information content (AvgIpc) is 2.69. The summed E-state index contributed by atoms with van der Waals surface area (Å²) in [6.07, 6.45) is 1.66. The zero-order valence-corrected chi connectivity index (χ0v) is 15.5. The lowest BCUT2D eigenvalue weighted by atomic mass is 10.1. The van der Waals surface area contributed by atoms with Gasteiger partial charge in [-0.25, -0.2) is 9.97 Å². The molecule has 27 heavy (non-hydrogen) atoms. The Balaban J connectivity index is 1.53. The Hall–Kier alpha value is -3.21. The minimum Gasteiger partial charge on any atom is -0.354 e. The molecular weight excluding hydrogens is 336 g/mol. The maximum atomic E-state index is 12.4. The van der Waals surface area contributed by atoms with Crippen LogP contribution in [0.3, 0.4) is 0 Å². The molecule has 0 atom stereocenters. The van der Waals surface area contributed by atoms with Crippen LogP contribution in [0.2, 0.25) is 0 Å². The van der Waals surface area contributed by atoms with E-state index < -0.39 is 0 Å². The SMILES string of the molecule is Cc1cc(C(=O)NCCc2ccccc2)nc(NCCc2ccccc2)n1. The van der Waals surface area contributed by atoms with Crippen molar-refractivity contribution in [3.8, 4) is 0 Å². The lowest BCUT2D eigenvalue weighted by molar-refractivity contribution is 0.0949. The fraction of sp³-hybridized carbons (Fsp3) is 0.227. The van der Waals surface area contributed by atoms with Crippen LogP contribution < -0.4 is 10.6 Å². The maximum absolute atomic E-state index is 12.4. The first-order valence-electron chi connectivity index (χ1n) is 9.16. The normalized spacial score (nSPS) is 10.4.